The Balaban J connectivity index is 1.55. The van der Waals surface area contributed by atoms with Crippen LogP contribution in [0.3, 0.4) is 0 Å². The number of rotatable bonds is 8. The normalized spacial score (nSPS) is 15.9. The van der Waals surface area contributed by atoms with Crippen LogP contribution in [0.4, 0.5) is 0 Å². The van der Waals surface area contributed by atoms with Gasteiger partial charge in [-0.1, -0.05) is 55.8 Å². The van der Waals surface area contributed by atoms with Gasteiger partial charge in [0.25, 0.3) is 5.91 Å². The lowest BCUT2D eigenvalue weighted by atomic mass is 10.0. The first kappa shape index (κ1) is 21.3. The number of ether oxygens (including phenoxy) is 2. The molecule has 1 saturated heterocycles. The molecule has 1 aliphatic heterocycles. The van der Waals surface area contributed by atoms with E-state index in [4.69, 9.17) is 9.47 Å². The zero-order valence-corrected chi connectivity index (χ0v) is 17.7. The number of morpholine rings is 1. The molecule has 1 atom stereocenters. The standard InChI is InChI=1S/C24H32N2O3/c1-18(2)20-8-10-22(11-9-20)29-17-24(27)25-16-23(26-12-14-28-15-13-26)21-6-4-19(3)5-7-21/h4-11,18,23H,12-17H2,1-3H3,(H,25,27). The zero-order valence-electron chi connectivity index (χ0n) is 17.7. The molecule has 156 valence electrons. The second-order valence-corrected chi connectivity index (χ2v) is 7.89. The van der Waals surface area contributed by atoms with Gasteiger partial charge in [0.2, 0.25) is 0 Å². The highest BCUT2D eigenvalue weighted by Crippen LogP contribution is 2.22. The van der Waals surface area contributed by atoms with Crippen LogP contribution in [-0.4, -0.2) is 50.3 Å². The summed E-state index contributed by atoms with van der Waals surface area (Å²) in [6.45, 7) is 10.2. The van der Waals surface area contributed by atoms with E-state index in [-0.39, 0.29) is 18.6 Å². The summed E-state index contributed by atoms with van der Waals surface area (Å²) in [7, 11) is 0. The maximum absolute atomic E-state index is 12.4. The van der Waals surface area contributed by atoms with Crippen molar-refractivity contribution in [3.05, 3.63) is 65.2 Å². The number of nitrogens with one attached hydrogen (secondary N) is 1. The molecule has 0 spiro atoms. The third kappa shape index (κ3) is 6.31. The van der Waals surface area contributed by atoms with Crippen LogP contribution >= 0.6 is 0 Å². The van der Waals surface area contributed by atoms with Crippen molar-refractivity contribution >= 4 is 5.91 Å². The van der Waals surface area contributed by atoms with Crippen molar-refractivity contribution in [1.29, 1.82) is 0 Å². The molecule has 3 rings (SSSR count). The highest BCUT2D eigenvalue weighted by atomic mass is 16.5. The number of hydrogen-bond acceptors (Lipinski definition) is 4. The van der Waals surface area contributed by atoms with Gasteiger partial charge in [-0.15, -0.1) is 0 Å². The average molecular weight is 397 g/mol. The molecule has 2 aromatic rings. The Morgan fingerprint density at radius 2 is 1.66 bits per heavy atom. The topological polar surface area (TPSA) is 50.8 Å². The third-order valence-corrected chi connectivity index (χ3v) is 5.36. The lowest BCUT2D eigenvalue weighted by molar-refractivity contribution is -0.123. The van der Waals surface area contributed by atoms with Gasteiger partial charge in [-0.2, -0.15) is 0 Å². The van der Waals surface area contributed by atoms with Gasteiger partial charge < -0.3 is 14.8 Å². The molecule has 0 aliphatic carbocycles. The Bertz CT molecular complexity index is 766. The Morgan fingerprint density at radius 3 is 2.28 bits per heavy atom. The SMILES string of the molecule is Cc1ccc(C(CNC(=O)COc2ccc(C(C)C)cc2)N2CCOCC2)cc1. The first-order valence-corrected chi connectivity index (χ1v) is 10.4. The van der Waals surface area contributed by atoms with Crippen molar-refractivity contribution in [2.45, 2.75) is 32.7 Å². The van der Waals surface area contributed by atoms with E-state index in [1.54, 1.807) is 0 Å². The number of hydrogen-bond donors (Lipinski definition) is 1. The predicted octanol–water partition coefficient (Wildman–Crippen LogP) is 3.69. The van der Waals surface area contributed by atoms with Crippen molar-refractivity contribution < 1.29 is 14.3 Å². The van der Waals surface area contributed by atoms with Crippen molar-refractivity contribution in [2.75, 3.05) is 39.5 Å². The summed E-state index contributed by atoms with van der Waals surface area (Å²) in [5, 5.41) is 3.05. The van der Waals surface area contributed by atoms with E-state index in [1.807, 2.05) is 24.3 Å². The van der Waals surface area contributed by atoms with Crippen LogP contribution in [0.2, 0.25) is 0 Å². The van der Waals surface area contributed by atoms with E-state index in [0.717, 1.165) is 26.3 Å². The Morgan fingerprint density at radius 1 is 1.03 bits per heavy atom. The fraction of sp³-hybridized carbons (Fsp3) is 0.458. The minimum Gasteiger partial charge on any atom is -0.484 e. The van der Waals surface area contributed by atoms with Crippen LogP contribution in [0.15, 0.2) is 48.5 Å². The van der Waals surface area contributed by atoms with Gasteiger partial charge in [0.05, 0.1) is 19.3 Å². The van der Waals surface area contributed by atoms with Crippen LogP contribution < -0.4 is 10.1 Å². The molecule has 5 nitrogen and oxygen atoms in total. The summed E-state index contributed by atoms with van der Waals surface area (Å²) in [6, 6.07) is 16.6. The van der Waals surface area contributed by atoms with Crippen molar-refractivity contribution in [1.82, 2.24) is 10.2 Å². The van der Waals surface area contributed by atoms with E-state index in [2.05, 4.69) is 55.3 Å². The Hall–Kier alpha value is -2.37. The van der Waals surface area contributed by atoms with Crippen LogP contribution in [0.1, 0.15) is 42.5 Å². The largest absolute Gasteiger partial charge is 0.484 e. The van der Waals surface area contributed by atoms with Crippen LogP contribution in [0.5, 0.6) is 5.75 Å². The molecule has 0 aromatic heterocycles. The zero-order chi connectivity index (χ0) is 20.6. The molecule has 29 heavy (non-hydrogen) atoms. The highest BCUT2D eigenvalue weighted by molar-refractivity contribution is 5.77. The van der Waals surface area contributed by atoms with E-state index < -0.39 is 0 Å². The molecule has 5 heteroatoms. The van der Waals surface area contributed by atoms with Crippen LogP contribution in [0.25, 0.3) is 0 Å². The molecule has 1 unspecified atom stereocenters. The van der Waals surface area contributed by atoms with Gasteiger partial charge in [0, 0.05) is 19.6 Å². The molecule has 0 bridgehead atoms. The minimum absolute atomic E-state index is 0.0186. The fourth-order valence-electron chi connectivity index (χ4n) is 3.49. The van der Waals surface area contributed by atoms with Gasteiger partial charge in [-0.25, -0.2) is 0 Å². The summed E-state index contributed by atoms with van der Waals surface area (Å²) >= 11 is 0. The number of nitrogens with zero attached hydrogens (tertiary/aromatic N) is 1. The van der Waals surface area contributed by atoms with Gasteiger partial charge >= 0.3 is 0 Å². The van der Waals surface area contributed by atoms with Crippen molar-refractivity contribution in [2.24, 2.45) is 0 Å². The molecular weight excluding hydrogens is 364 g/mol. The highest BCUT2D eigenvalue weighted by Gasteiger charge is 2.23. The number of carbonyl (C=O) groups is 1. The Labute approximate surface area is 174 Å². The lowest BCUT2D eigenvalue weighted by Gasteiger charge is -2.35. The summed E-state index contributed by atoms with van der Waals surface area (Å²) in [6.07, 6.45) is 0. The summed E-state index contributed by atoms with van der Waals surface area (Å²) in [5.74, 6) is 1.09. The summed E-state index contributed by atoms with van der Waals surface area (Å²) in [5.41, 5.74) is 3.70. The monoisotopic (exact) mass is 396 g/mol. The fourth-order valence-corrected chi connectivity index (χ4v) is 3.49. The van der Waals surface area contributed by atoms with Crippen molar-refractivity contribution in [3.8, 4) is 5.75 Å². The maximum Gasteiger partial charge on any atom is 0.258 e. The minimum atomic E-state index is -0.108. The first-order valence-electron chi connectivity index (χ1n) is 10.4. The van der Waals surface area contributed by atoms with Crippen molar-refractivity contribution in [3.63, 3.8) is 0 Å². The second-order valence-electron chi connectivity index (χ2n) is 7.89. The predicted molar refractivity (Wildman–Crippen MR) is 115 cm³/mol. The molecule has 0 saturated carbocycles. The molecule has 1 aliphatic rings. The second kappa shape index (κ2) is 10.4. The molecular formula is C24H32N2O3. The van der Waals surface area contributed by atoms with Crippen LogP contribution in [-0.2, 0) is 9.53 Å². The summed E-state index contributed by atoms with van der Waals surface area (Å²) in [4.78, 5) is 14.8. The quantitative estimate of drug-likeness (QED) is 0.739. The maximum atomic E-state index is 12.4. The molecule has 1 fully saturated rings. The number of carbonyl (C=O) groups excluding carboxylic acids is 1. The number of benzene rings is 2. The molecule has 0 radical (unpaired) electrons. The van der Waals surface area contributed by atoms with Gasteiger partial charge in [-0.05, 0) is 36.1 Å². The van der Waals surface area contributed by atoms with Gasteiger partial charge in [0.1, 0.15) is 5.75 Å². The molecule has 1 heterocycles. The van der Waals surface area contributed by atoms with E-state index in [1.165, 1.54) is 16.7 Å². The smallest absolute Gasteiger partial charge is 0.258 e. The van der Waals surface area contributed by atoms with E-state index >= 15 is 0 Å². The average Bonchev–Trinajstić information content (AvgIpc) is 2.74. The van der Waals surface area contributed by atoms with Gasteiger partial charge in [-0.3, -0.25) is 9.69 Å². The summed E-state index contributed by atoms with van der Waals surface area (Å²) < 4.78 is 11.1. The number of amides is 1. The molecule has 2 aromatic carbocycles. The third-order valence-electron chi connectivity index (χ3n) is 5.36. The first-order chi connectivity index (χ1) is 14.0. The Kier molecular flexibility index (Phi) is 7.67. The number of aryl methyl sites for hydroxylation is 1. The van der Waals surface area contributed by atoms with E-state index in [9.17, 15) is 4.79 Å². The van der Waals surface area contributed by atoms with E-state index in [0.29, 0.717) is 18.2 Å². The molecule has 1 amide bonds. The van der Waals surface area contributed by atoms with Crippen LogP contribution in [0, 0.1) is 6.92 Å². The lowest BCUT2D eigenvalue weighted by Crippen LogP contribution is -2.44. The van der Waals surface area contributed by atoms with Gasteiger partial charge in [0.15, 0.2) is 6.61 Å². The molecule has 1 N–H and O–H groups in total.